The molecular formula is C68H129NO9. The van der Waals surface area contributed by atoms with Gasteiger partial charge in [0, 0.05) is 0 Å². The molecule has 0 aromatic heterocycles. The number of hydrogen-bond donors (Lipinski definition) is 7. The third-order valence-corrected chi connectivity index (χ3v) is 16.3. The van der Waals surface area contributed by atoms with Crippen LogP contribution in [0.25, 0.3) is 0 Å². The summed E-state index contributed by atoms with van der Waals surface area (Å²) in [7, 11) is 0. The van der Waals surface area contributed by atoms with Crippen LogP contribution in [-0.4, -0.2) is 98.7 Å². The number of allylic oxidation sites excluding steroid dienone is 5. The molecule has 0 aromatic rings. The summed E-state index contributed by atoms with van der Waals surface area (Å²) in [5.41, 5.74) is 0. The van der Waals surface area contributed by atoms with Crippen molar-refractivity contribution in [3.63, 3.8) is 0 Å². The van der Waals surface area contributed by atoms with Gasteiger partial charge in [-0.25, -0.2) is 0 Å². The minimum Gasteiger partial charge on any atom is -0.394 e. The van der Waals surface area contributed by atoms with Crippen LogP contribution in [0.2, 0.25) is 0 Å². The Morgan fingerprint density at radius 2 is 0.756 bits per heavy atom. The molecule has 1 saturated heterocycles. The van der Waals surface area contributed by atoms with Gasteiger partial charge in [0.15, 0.2) is 6.29 Å². The summed E-state index contributed by atoms with van der Waals surface area (Å²) in [6.45, 7) is 3.64. The van der Waals surface area contributed by atoms with Crippen LogP contribution < -0.4 is 5.32 Å². The zero-order valence-corrected chi connectivity index (χ0v) is 51.1. The van der Waals surface area contributed by atoms with E-state index in [2.05, 4.69) is 43.5 Å². The van der Waals surface area contributed by atoms with Crippen molar-refractivity contribution in [2.75, 3.05) is 13.2 Å². The number of aliphatic hydroxyl groups is 6. The molecule has 0 radical (unpaired) electrons. The van der Waals surface area contributed by atoms with Crippen LogP contribution in [0.4, 0.5) is 0 Å². The second-order valence-corrected chi connectivity index (χ2v) is 23.8. The normalized spacial score (nSPS) is 19.2. The predicted octanol–water partition coefficient (Wildman–Crippen LogP) is 16.8. The molecule has 1 fully saturated rings. The Morgan fingerprint density at radius 1 is 0.436 bits per heavy atom. The molecule has 0 bridgehead atoms. The average Bonchev–Trinajstić information content (AvgIpc) is 3.44. The lowest BCUT2D eigenvalue weighted by molar-refractivity contribution is -0.302. The summed E-state index contributed by atoms with van der Waals surface area (Å²) < 4.78 is 11.2. The van der Waals surface area contributed by atoms with Crippen LogP contribution in [0, 0.1) is 0 Å². The molecule has 0 aromatic carbocycles. The van der Waals surface area contributed by atoms with Gasteiger partial charge < -0.3 is 45.4 Å². The average molecular weight is 1100 g/mol. The SMILES string of the molecule is CCCCCCCCCCCCC/C=C/CC/C=C/C(O)C(COC1OC(CO)C(O)C(O)C1O)NC(=O)C(O)CCCCCCCCCCCCCCCCCC/C=C\CCCCCCCCCCCCCCCCCC. The molecule has 460 valence electrons. The highest BCUT2D eigenvalue weighted by Gasteiger charge is 2.44. The monoisotopic (exact) mass is 1100 g/mol. The van der Waals surface area contributed by atoms with Gasteiger partial charge in [-0.15, -0.1) is 0 Å². The lowest BCUT2D eigenvalue weighted by atomic mass is 9.99. The number of nitrogens with one attached hydrogen (secondary N) is 1. The number of rotatable bonds is 59. The van der Waals surface area contributed by atoms with Gasteiger partial charge in [0.25, 0.3) is 0 Å². The first-order chi connectivity index (χ1) is 38.3. The van der Waals surface area contributed by atoms with Crippen molar-refractivity contribution in [2.45, 2.75) is 377 Å². The number of carbonyl (C=O) groups is 1. The molecule has 8 atom stereocenters. The molecule has 0 aliphatic carbocycles. The van der Waals surface area contributed by atoms with Gasteiger partial charge in [-0.3, -0.25) is 4.79 Å². The number of amides is 1. The van der Waals surface area contributed by atoms with Gasteiger partial charge in [0.2, 0.25) is 5.91 Å². The summed E-state index contributed by atoms with van der Waals surface area (Å²) in [6.07, 6.45) is 65.8. The smallest absolute Gasteiger partial charge is 0.249 e. The van der Waals surface area contributed by atoms with Crippen molar-refractivity contribution in [3.8, 4) is 0 Å². The van der Waals surface area contributed by atoms with Crippen LogP contribution >= 0.6 is 0 Å². The van der Waals surface area contributed by atoms with Crippen molar-refractivity contribution in [1.29, 1.82) is 0 Å². The standard InChI is InChI=1S/C68H129NO9/c1-3-5-7-9-11-13-15-17-19-21-22-23-24-25-26-27-28-29-30-31-32-33-34-35-36-37-38-39-41-43-45-47-49-51-53-55-57-62(72)67(76)69-60(59-77-68-66(75)65(74)64(73)63(58-70)78-68)61(71)56-54-52-50-48-46-44-42-40-20-18-16-14-12-10-8-6-4-2/h29-30,46,48,54,56,60-66,68,70-75H,3-28,31-45,47,49-53,55,57-59H2,1-2H3,(H,69,76)/b30-29-,48-46+,56-54+. The number of aliphatic hydroxyl groups excluding tert-OH is 6. The van der Waals surface area contributed by atoms with Gasteiger partial charge >= 0.3 is 0 Å². The van der Waals surface area contributed by atoms with Gasteiger partial charge in [-0.2, -0.15) is 0 Å². The van der Waals surface area contributed by atoms with E-state index in [1.54, 1.807) is 6.08 Å². The van der Waals surface area contributed by atoms with E-state index in [1.807, 2.05) is 6.08 Å². The van der Waals surface area contributed by atoms with Crippen molar-refractivity contribution in [1.82, 2.24) is 5.32 Å². The molecule has 7 N–H and O–H groups in total. The molecule has 10 nitrogen and oxygen atoms in total. The summed E-state index contributed by atoms with van der Waals surface area (Å²) in [4.78, 5) is 13.2. The summed E-state index contributed by atoms with van der Waals surface area (Å²) in [5.74, 6) is -0.621. The first-order valence-electron chi connectivity index (χ1n) is 33.8. The fraction of sp³-hybridized carbons (Fsp3) is 0.897. The highest BCUT2D eigenvalue weighted by molar-refractivity contribution is 5.80. The molecule has 8 unspecified atom stereocenters. The molecule has 1 amide bonds. The highest BCUT2D eigenvalue weighted by Crippen LogP contribution is 2.23. The second-order valence-electron chi connectivity index (χ2n) is 23.8. The lowest BCUT2D eigenvalue weighted by Crippen LogP contribution is -2.60. The zero-order valence-electron chi connectivity index (χ0n) is 51.1. The van der Waals surface area contributed by atoms with Crippen molar-refractivity contribution >= 4 is 5.91 Å². The van der Waals surface area contributed by atoms with Crippen LogP contribution in [0.3, 0.4) is 0 Å². The largest absolute Gasteiger partial charge is 0.394 e. The van der Waals surface area contributed by atoms with E-state index < -0.39 is 61.5 Å². The minimum absolute atomic E-state index is 0.306. The Bertz CT molecular complexity index is 1340. The second kappa shape index (κ2) is 57.2. The number of ether oxygens (including phenoxy) is 2. The van der Waals surface area contributed by atoms with E-state index in [-0.39, 0.29) is 6.61 Å². The van der Waals surface area contributed by atoms with E-state index in [9.17, 15) is 35.4 Å². The first kappa shape index (κ1) is 74.4. The fourth-order valence-electron chi connectivity index (χ4n) is 10.9. The van der Waals surface area contributed by atoms with E-state index in [4.69, 9.17) is 9.47 Å². The van der Waals surface area contributed by atoms with E-state index in [0.717, 1.165) is 32.1 Å². The third-order valence-electron chi connectivity index (χ3n) is 16.3. The molecule has 1 rings (SSSR count). The summed E-state index contributed by atoms with van der Waals surface area (Å²) in [5, 5.41) is 65.2. The summed E-state index contributed by atoms with van der Waals surface area (Å²) >= 11 is 0. The lowest BCUT2D eigenvalue weighted by Gasteiger charge is -2.40. The Hall–Kier alpha value is -1.63. The molecule has 10 heteroatoms. The van der Waals surface area contributed by atoms with E-state index in [1.165, 1.54) is 263 Å². The van der Waals surface area contributed by atoms with Gasteiger partial charge in [-0.05, 0) is 57.8 Å². The number of hydrogen-bond acceptors (Lipinski definition) is 9. The Balaban J connectivity index is 2.12. The fourth-order valence-corrected chi connectivity index (χ4v) is 10.9. The van der Waals surface area contributed by atoms with Crippen LogP contribution in [0.15, 0.2) is 36.5 Å². The number of carbonyl (C=O) groups excluding carboxylic acids is 1. The maximum atomic E-state index is 13.2. The molecule has 78 heavy (non-hydrogen) atoms. The Kier molecular flexibility index (Phi) is 54.5. The van der Waals surface area contributed by atoms with Crippen LogP contribution in [0.5, 0.6) is 0 Å². The molecule has 1 heterocycles. The Labute approximate surface area is 481 Å². The quantitative estimate of drug-likeness (QED) is 0.0232. The summed E-state index contributed by atoms with van der Waals surface area (Å²) in [6, 6.07) is -0.997. The molecule has 0 saturated carbocycles. The minimum atomic E-state index is -1.62. The molecule has 1 aliphatic rings. The first-order valence-corrected chi connectivity index (χ1v) is 33.8. The van der Waals surface area contributed by atoms with E-state index in [0.29, 0.717) is 19.3 Å². The predicted molar refractivity (Wildman–Crippen MR) is 329 cm³/mol. The van der Waals surface area contributed by atoms with Gasteiger partial charge in [0.1, 0.15) is 30.5 Å². The number of unbranched alkanes of at least 4 members (excludes halogenated alkanes) is 44. The topological polar surface area (TPSA) is 169 Å². The van der Waals surface area contributed by atoms with Crippen LogP contribution in [0.1, 0.15) is 328 Å². The Morgan fingerprint density at radius 3 is 1.12 bits per heavy atom. The van der Waals surface area contributed by atoms with Gasteiger partial charge in [-0.1, -0.05) is 307 Å². The van der Waals surface area contributed by atoms with Gasteiger partial charge in [0.05, 0.1) is 25.4 Å². The van der Waals surface area contributed by atoms with E-state index >= 15 is 0 Å². The van der Waals surface area contributed by atoms with Crippen molar-refractivity contribution < 1.29 is 44.9 Å². The zero-order chi connectivity index (χ0) is 56.6. The molecular weight excluding hydrogens is 975 g/mol. The molecule has 1 aliphatic heterocycles. The van der Waals surface area contributed by atoms with Crippen molar-refractivity contribution in [2.24, 2.45) is 0 Å². The third kappa shape index (κ3) is 45.0. The molecule has 0 spiro atoms. The maximum absolute atomic E-state index is 13.2. The van der Waals surface area contributed by atoms with Crippen molar-refractivity contribution in [3.05, 3.63) is 36.5 Å². The maximum Gasteiger partial charge on any atom is 0.249 e. The van der Waals surface area contributed by atoms with Crippen LogP contribution in [-0.2, 0) is 14.3 Å². The highest BCUT2D eigenvalue weighted by atomic mass is 16.7.